The van der Waals surface area contributed by atoms with Gasteiger partial charge in [-0.25, -0.2) is 0 Å². The Bertz CT molecular complexity index is 502. The molecule has 2 N–H and O–H groups in total. The van der Waals surface area contributed by atoms with E-state index in [0.717, 1.165) is 30.8 Å². The summed E-state index contributed by atoms with van der Waals surface area (Å²) in [6.07, 6.45) is 0.497. The van der Waals surface area contributed by atoms with Gasteiger partial charge in [0.2, 0.25) is 5.91 Å². The summed E-state index contributed by atoms with van der Waals surface area (Å²) in [6.45, 7) is 2.92. The molecule has 1 aliphatic rings. The highest BCUT2D eigenvalue weighted by molar-refractivity contribution is 5.78. The monoisotopic (exact) mass is 258 g/mol. The lowest BCUT2D eigenvalue weighted by molar-refractivity contribution is -0.124. The Kier molecular flexibility index (Phi) is 4.96. The number of aliphatic hydroxyl groups is 1. The Morgan fingerprint density at radius 2 is 2.32 bits per heavy atom. The molecule has 0 spiro atoms. The van der Waals surface area contributed by atoms with Crippen LogP contribution in [0.1, 0.15) is 17.5 Å². The van der Waals surface area contributed by atoms with Gasteiger partial charge in [-0.1, -0.05) is 24.0 Å². The van der Waals surface area contributed by atoms with Gasteiger partial charge in [-0.15, -0.1) is 0 Å². The Morgan fingerprint density at radius 1 is 1.42 bits per heavy atom. The van der Waals surface area contributed by atoms with Crippen molar-refractivity contribution in [2.45, 2.75) is 13.0 Å². The molecule has 0 saturated carbocycles. The summed E-state index contributed by atoms with van der Waals surface area (Å²) in [5, 5.41) is 11.5. The number of rotatable bonds is 3. The molecule has 0 atom stereocenters. The van der Waals surface area contributed by atoms with E-state index >= 15 is 0 Å². The highest BCUT2D eigenvalue weighted by Gasteiger charge is 2.15. The van der Waals surface area contributed by atoms with Gasteiger partial charge in [-0.3, -0.25) is 9.69 Å². The number of nitrogens with one attached hydrogen (secondary N) is 1. The normalized spacial score (nSPS) is 15.5. The van der Waals surface area contributed by atoms with Gasteiger partial charge in [0, 0.05) is 31.6 Å². The minimum Gasteiger partial charge on any atom is -0.395 e. The molecule has 0 aliphatic carbocycles. The van der Waals surface area contributed by atoms with Crippen LogP contribution >= 0.6 is 0 Å². The maximum atomic E-state index is 11.3. The van der Waals surface area contributed by atoms with E-state index in [1.165, 1.54) is 0 Å². The molecule has 1 aromatic carbocycles. The predicted molar refractivity (Wildman–Crippen MR) is 73.3 cm³/mol. The van der Waals surface area contributed by atoms with Crippen molar-refractivity contribution < 1.29 is 9.90 Å². The van der Waals surface area contributed by atoms with Gasteiger partial charge in [0.05, 0.1) is 13.2 Å². The van der Waals surface area contributed by atoms with E-state index in [9.17, 15) is 4.79 Å². The fourth-order valence-electron chi connectivity index (χ4n) is 2.05. The summed E-state index contributed by atoms with van der Waals surface area (Å²) in [5.74, 6) is 6.02. The van der Waals surface area contributed by atoms with Crippen LogP contribution < -0.4 is 5.32 Å². The van der Waals surface area contributed by atoms with Crippen molar-refractivity contribution in [3.05, 3.63) is 35.4 Å². The van der Waals surface area contributed by atoms with E-state index < -0.39 is 0 Å². The summed E-state index contributed by atoms with van der Waals surface area (Å²) in [7, 11) is 0. The first-order chi connectivity index (χ1) is 9.28. The molecular weight excluding hydrogens is 240 g/mol. The SMILES string of the molecule is O=C1CN(Cc2cccc(C#CCCO)c2)CCN1. The average molecular weight is 258 g/mol. The van der Waals surface area contributed by atoms with Crippen molar-refractivity contribution in [3.8, 4) is 11.8 Å². The van der Waals surface area contributed by atoms with Gasteiger partial charge in [0.25, 0.3) is 0 Å². The number of hydrogen-bond acceptors (Lipinski definition) is 3. The number of aliphatic hydroxyl groups excluding tert-OH is 1. The highest BCUT2D eigenvalue weighted by atomic mass is 16.2. The second-order valence-electron chi connectivity index (χ2n) is 4.54. The largest absolute Gasteiger partial charge is 0.395 e. The minimum atomic E-state index is 0.0881. The molecule has 0 radical (unpaired) electrons. The third-order valence-corrected chi connectivity index (χ3v) is 2.92. The molecule has 0 aromatic heterocycles. The first-order valence-corrected chi connectivity index (χ1v) is 6.45. The van der Waals surface area contributed by atoms with E-state index in [-0.39, 0.29) is 12.5 Å². The summed E-state index contributed by atoms with van der Waals surface area (Å²) in [4.78, 5) is 13.4. The molecule has 1 heterocycles. The van der Waals surface area contributed by atoms with Gasteiger partial charge >= 0.3 is 0 Å². The first kappa shape index (κ1) is 13.6. The number of carbonyl (C=O) groups excluding carboxylic acids is 1. The molecule has 0 bridgehead atoms. The van der Waals surface area contributed by atoms with Crippen molar-refractivity contribution in [1.29, 1.82) is 0 Å². The van der Waals surface area contributed by atoms with Crippen LogP contribution in [0.2, 0.25) is 0 Å². The van der Waals surface area contributed by atoms with Gasteiger partial charge in [0.1, 0.15) is 0 Å². The van der Waals surface area contributed by atoms with Gasteiger partial charge < -0.3 is 10.4 Å². The minimum absolute atomic E-state index is 0.0881. The zero-order chi connectivity index (χ0) is 13.5. The lowest BCUT2D eigenvalue weighted by Crippen LogP contribution is -2.47. The first-order valence-electron chi connectivity index (χ1n) is 6.45. The summed E-state index contributed by atoms with van der Waals surface area (Å²) in [5.41, 5.74) is 2.11. The molecule has 1 fully saturated rings. The number of nitrogens with zero attached hydrogens (tertiary/aromatic N) is 1. The molecule has 4 nitrogen and oxygen atoms in total. The van der Waals surface area contributed by atoms with E-state index in [4.69, 9.17) is 5.11 Å². The summed E-state index contributed by atoms with van der Waals surface area (Å²) < 4.78 is 0. The second-order valence-corrected chi connectivity index (χ2v) is 4.54. The molecule has 0 unspecified atom stereocenters. The molecule has 4 heteroatoms. The lowest BCUT2D eigenvalue weighted by atomic mass is 10.1. The van der Waals surface area contributed by atoms with Gasteiger partial charge in [0.15, 0.2) is 0 Å². The number of benzene rings is 1. The van der Waals surface area contributed by atoms with E-state index in [0.29, 0.717) is 13.0 Å². The number of piperazine rings is 1. The Balaban J connectivity index is 1.99. The van der Waals surface area contributed by atoms with Crippen molar-refractivity contribution in [1.82, 2.24) is 10.2 Å². The van der Waals surface area contributed by atoms with Gasteiger partial charge in [-0.2, -0.15) is 0 Å². The lowest BCUT2D eigenvalue weighted by Gasteiger charge is -2.26. The molecule has 1 aromatic rings. The van der Waals surface area contributed by atoms with Crippen LogP contribution in [0.3, 0.4) is 0 Å². The molecule has 1 aliphatic heterocycles. The quantitative estimate of drug-likeness (QED) is 0.769. The van der Waals surface area contributed by atoms with Crippen molar-refractivity contribution >= 4 is 5.91 Å². The third kappa shape index (κ3) is 4.40. The van der Waals surface area contributed by atoms with Crippen LogP contribution in [0.15, 0.2) is 24.3 Å². The summed E-state index contributed by atoms with van der Waals surface area (Å²) in [6, 6.07) is 8.01. The topological polar surface area (TPSA) is 52.6 Å². The molecule has 2 rings (SSSR count). The van der Waals surface area contributed by atoms with E-state index in [1.807, 2.05) is 24.3 Å². The average Bonchev–Trinajstić information content (AvgIpc) is 2.39. The van der Waals surface area contributed by atoms with E-state index in [2.05, 4.69) is 22.1 Å². The summed E-state index contributed by atoms with van der Waals surface area (Å²) >= 11 is 0. The Labute approximate surface area is 113 Å². The van der Waals surface area contributed by atoms with Crippen LogP contribution in [-0.2, 0) is 11.3 Å². The van der Waals surface area contributed by atoms with Crippen molar-refractivity contribution in [2.24, 2.45) is 0 Å². The number of amides is 1. The van der Waals surface area contributed by atoms with Crippen molar-refractivity contribution in [2.75, 3.05) is 26.2 Å². The molecule has 1 amide bonds. The second kappa shape index (κ2) is 6.93. The Hall–Kier alpha value is -1.83. The zero-order valence-corrected chi connectivity index (χ0v) is 10.9. The fourth-order valence-corrected chi connectivity index (χ4v) is 2.05. The third-order valence-electron chi connectivity index (χ3n) is 2.92. The maximum absolute atomic E-state index is 11.3. The fraction of sp³-hybridized carbons (Fsp3) is 0.400. The maximum Gasteiger partial charge on any atom is 0.234 e. The van der Waals surface area contributed by atoms with Crippen LogP contribution in [0.4, 0.5) is 0 Å². The van der Waals surface area contributed by atoms with E-state index in [1.54, 1.807) is 0 Å². The van der Waals surface area contributed by atoms with Crippen LogP contribution in [0.5, 0.6) is 0 Å². The molecule has 100 valence electrons. The molecular formula is C15H18N2O2. The standard InChI is InChI=1S/C15H18N2O2/c18-9-2-1-4-13-5-3-6-14(10-13)11-17-8-7-16-15(19)12-17/h3,5-6,10,18H,2,7-9,11-12H2,(H,16,19). The van der Waals surface area contributed by atoms with Gasteiger partial charge in [-0.05, 0) is 17.7 Å². The molecule has 19 heavy (non-hydrogen) atoms. The molecule has 1 saturated heterocycles. The number of carbonyl (C=O) groups is 1. The predicted octanol–water partition coefficient (Wildman–Crippen LogP) is 0.352. The van der Waals surface area contributed by atoms with Crippen LogP contribution in [0, 0.1) is 11.8 Å². The Morgan fingerprint density at radius 3 is 3.11 bits per heavy atom. The zero-order valence-electron chi connectivity index (χ0n) is 10.9. The van der Waals surface area contributed by atoms with Crippen LogP contribution in [0.25, 0.3) is 0 Å². The van der Waals surface area contributed by atoms with Crippen LogP contribution in [-0.4, -0.2) is 42.2 Å². The smallest absolute Gasteiger partial charge is 0.234 e. The highest BCUT2D eigenvalue weighted by Crippen LogP contribution is 2.08. The van der Waals surface area contributed by atoms with Crippen molar-refractivity contribution in [3.63, 3.8) is 0 Å². The number of hydrogen-bond donors (Lipinski definition) is 2.